The maximum absolute atomic E-state index is 11.8. The summed E-state index contributed by atoms with van der Waals surface area (Å²) in [5.74, 6) is 0. The molecule has 0 aliphatic carbocycles. The molecule has 0 unspecified atom stereocenters. The minimum atomic E-state index is -3.36. The van der Waals surface area contributed by atoms with Gasteiger partial charge in [0.05, 0.1) is 4.90 Å². The molecule has 1 aromatic rings. The Morgan fingerprint density at radius 2 is 1.82 bits per heavy atom. The lowest BCUT2D eigenvalue weighted by atomic mass is 10.2. The Kier molecular flexibility index (Phi) is 7.38. The maximum atomic E-state index is 11.8. The molecule has 17 heavy (non-hydrogen) atoms. The second-order valence-corrected chi connectivity index (χ2v) is 5.30. The fourth-order valence-electron chi connectivity index (χ4n) is 1.30. The molecule has 3 N–H and O–H groups in total. The first-order chi connectivity index (χ1) is 7.60. The molecular weight excluding hydrogens is 260 g/mol. The van der Waals surface area contributed by atoms with Crippen LogP contribution in [0.25, 0.3) is 0 Å². The zero-order valence-electron chi connectivity index (χ0n) is 9.85. The van der Waals surface area contributed by atoms with Gasteiger partial charge >= 0.3 is 0 Å². The topological polar surface area (TPSA) is 72.2 Å². The first-order valence-electron chi connectivity index (χ1n) is 5.39. The lowest BCUT2D eigenvalue weighted by Crippen LogP contribution is -2.26. The van der Waals surface area contributed by atoms with Crippen molar-refractivity contribution < 1.29 is 8.42 Å². The predicted octanol–water partition coefficient (Wildman–Crippen LogP) is 1.30. The molecule has 1 rings (SSSR count). The number of benzene rings is 1. The van der Waals surface area contributed by atoms with E-state index in [1.165, 1.54) is 0 Å². The molecule has 0 aliphatic rings. The summed E-state index contributed by atoms with van der Waals surface area (Å²) in [5.41, 5.74) is 6.43. The second kappa shape index (κ2) is 7.66. The summed E-state index contributed by atoms with van der Waals surface area (Å²) in [6.07, 6.45) is 1.55. The van der Waals surface area contributed by atoms with Gasteiger partial charge in [-0.15, -0.1) is 12.4 Å². The van der Waals surface area contributed by atoms with E-state index in [4.69, 9.17) is 5.73 Å². The molecule has 0 heterocycles. The number of rotatable bonds is 6. The van der Waals surface area contributed by atoms with Gasteiger partial charge in [-0.3, -0.25) is 0 Å². The molecule has 6 heteroatoms. The van der Waals surface area contributed by atoms with Crippen molar-refractivity contribution in [2.45, 2.75) is 24.7 Å². The molecule has 0 saturated heterocycles. The van der Waals surface area contributed by atoms with Gasteiger partial charge in [0.2, 0.25) is 10.0 Å². The number of nitrogens with two attached hydrogens (primary N) is 1. The van der Waals surface area contributed by atoms with E-state index in [-0.39, 0.29) is 12.4 Å². The number of hydrogen-bond acceptors (Lipinski definition) is 3. The molecule has 0 aliphatic heterocycles. The Labute approximate surface area is 109 Å². The van der Waals surface area contributed by atoms with Crippen molar-refractivity contribution in [3.63, 3.8) is 0 Å². The van der Waals surface area contributed by atoms with Crippen molar-refractivity contribution in [3.05, 3.63) is 29.8 Å². The van der Waals surface area contributed by atoms with Crippen molar-refractivity contribution in [1.29, 1.82) is 0 Å². The number of halogens is 1. The van der Waals surface area contributed by atoms with Gasteiger partial charge in [-0.2, -0.15) is 0 Å². The van der Waals surface area contributed by atoms with E-state index < -0.39 is 10.0 Å². The molecule has 0 bridgehead atoms. The van der Waals surface area contributed by atoms with Crippen LogP contribution in [0.5, 0.6) is 0 Å². The highest BCUT2D eigenvalue weighted by Gasteiger charge is 2.12. The highest BCUT2D eigenvalue weighted by molar-refractivity contribution is 7.89. The van der Waals surface area contributed by atoms with Crippen molar-refractivity contribution in [3.8, 4) is 0 Å². The molecule has 0 radical (unpaired) electrons. The third kappa shape index (κ3) is 5.04. The van der Waals surface area contributed by atoms with Crippen LogP contribution in [0.3, 0.4) is 0 Å². The Bertz CT molecular complexity index is 418. The zero-order valence-corrected chi connectivity index (χ0v) is 11.5. The smallest absolute Gasteiger partial charge is 0.240 e. The van der Waals surface area contributed by atoms with E-state index in [1.54, 1.807) is 12.1 Å². The average molecular weight is 279 g/mol. The number of hydrogen-bond donors (Lipinski definition) is 2. The molecular formula is C11H19ClN2O2S. The highest BCUT2D eigenvalue weighted by atomic mass is 35.5. The van der Waals surface area contributed by atoms with Crippen molar-refractivity contribution in [2.24, 2.45) is 5.73 Å². The van der Waals surface area contributed by atoms with Crippen molar-refractivity contribution in [2.75, 3.05) is 13.1 Å². The third-order valence-corrected chi connectivity index (χ3v) is 3.79. The van der Waals surface area contributed by atoms with Crippen LogP contribution < -0.4 is 10.5 Å². The van der Waals surface area contributed by atoms with Crippen LogP contribution >= 0.6 is 12.4 Å². The van der Waals surface area contributed by atoms with Crippen molar-refractivity contribution >= 4 is 22.4 Å². The lowest BCUT2D eigenvalue weighted by Gasteiger charge is -2.06. The quantitative estimate of drug-likeness (QED) is 0.771. The molecule has 0 aromatic heterocycles. The first kappa shape index (κ1) is 16.4. The minimum absolute atomic E-state index is 0. The van der Waals surface area contributed by atoms with Gasteiger partial charge in [-0.25, -0.2) is 13.1 Å². The van der Waals surface area contributed by atoms with Crippen LogP contribution in [-0.4, -0.2) is 21.5 Å². The normalized spacial score (nSPS) is 10.9. The fraction of sp³-hybridized carbons (Fsp3) is 0.455. The van der Waals surface area contributed by atoms with Gasteiger partial charge in [0.15, 0.2) is 0 Å². The van der Waals surface area contributed by atoms with Gasteiger partial charge in [0.25, 0.3) is 0 Å². The monoisotopic (exact) mass is 278 g/mol. The molecule has 0 spiro atoms. The summed E-state index contributed by atoms with van der Waals surface area (Å²) in [5, 5.41) is 0. The molecule has 1 aromatic carbocycles. The van der Waals surface area contributed by atoms with E-state index in [0.29, 0.717) is 24.4 Å². The van der Waals surface area contributed by atoms with Crippen molar-refractivity contribution in [1.82, 2.24) is 4.72 Å². The SMILES string of the molecule is CCc1ccc(S(=O)(=O)NCCCN)cc1.Cl. The largest absolute Gasteiger partial charge is 0.330 e. The molecule has 98 valence electrons. The van der Waals surface area contributed by atoms with E-state index in [9.17, 15) is 8.42 Å². The van der Waals surface area contributed by atoms with Gasteiger partial charge in [-0.05, 0) is 37.1 Å². The third-order valence-electron chi connectivity index (χ3n) is 2.31. The number of sulfonamides is 1. The van der Waals surface area contributed by atoms with Crippen LogP contribution in [0, 0.1) is 0 Å². The summed E-state index contributed by atoms with van der Waals surface area (Å²) < 4.78 is 26.0. The molecule has 0 fully saturated rings. The lowest BCUT2D eigenvalue weighted by molar-refractivity contribution is 0.579. The van der Waals surface area contributed by atoms with Crippen LogP contribution in [0.1, 0.15) is 18.9 Å². The predicted molar refractivity (Wildman–Crippen MR) is 71.9 cm³/mol. The van der Waals surface area contributed by atoms with E-state index >= 15 is 0 Å². The van der Waals surface area contributed by atoms with Crippen LogP contribution in [0.4, 0.5) is 0 Å². The molecule has 0 amide bonds. The summed E-state index contributed by atoms with van der Waals surface area (Å²) in [7, 11) is -3.36. The Hall–Kier alpha value is -0.620. The summed E-state index contributed by atoms with van der Waals surface area (Å²) in [4.78, 5) is 0.307. The first-order valence-corrected chi connectivity index (χ1v) is 6.87. The molecule has 0 saturated carbocycles. The van der Waals surface area contributed by atoms with Gasteiger partial charge in [0.1, 0.15) is 0 Å². The molecule has 0 atom stereocenters. The summed E-state index contributed by atoms with van der Waals surface area (Å²) in [6, 6.07) is 6.92. The molecule has 4 nitrogen and oxygen atoms in total. The number of aryl methyl sites for hydroxylation is 1. The Morgan fingerprint density at radius 1 is 1.24 bits per heavy atom. The van der Waals surface area contributed by atoms with Gasteiger partial charge in [0, 0.05) is 6.54 Å². The summed E-state index contributed by atoms with van der Waals surface area (Å²) >= 11 is 0. The van der Waals surface area contributed by atoms with Gasteiger partial charge in [-0.1, -0.05) is 19.1 Å². The average Bonchev–Trinajstić information content (AvgIpc) is 2.29. The minimum Gasteiger partial charge on any atom is -0.330 e. The Balaban J connectivity index is 0.00000256. The Morgan fingerprint density at radius 3 is 2.29 bits per heavy atom. The number of nitrogens with one attached hydrogen (secondary N) is 1. The second-order valence-electron chi connectivity index (χ2n) is 3.54. The van der Waals surface area contributed by atoms with Crippen LogP contribution in [-0.2, 0) is 16.4 Å². The zero-order chi connectivity index (χ0) is 12.0. The summed E-state index contributed by atoms with van der Waals surface area (Å²) in [6.45, 7) is 2.90. The standard InChI is InChI=1S/C11H18N2O2S.ClH/c1-2-10-4-6-11(7-5-10)16(14,15)13-9-3-8-12;/h4-7,13H,2-3,8-9,12H2,1H3;1H. The maximum Gasteiger partial charge on any atom is 0.240 e. The van der Waals surface area contributed by atoms with E-state index in [1.807, 2.05) is 19.1 Å². The highest BCUT2D eigenvalue weighted by Crippen LogP contribution is 2.10. The van der Waals surface area contributed by atoms with Crippen LogP contribution in [0.2, 0.25) is 0 Å². The fourth-order valence-corrected chi connectivity index (χ4v) is 2.37. The van der Waals surface area contributed by atoms with E-state index in [2.05, 4.69) is 4.72 Å². The van der Waals surface area contributed by atoms with Gasteiger partial charge < -0.3 is 5.73 Å². The van der Waals surface area contributed by atoms with E-state index in [0.717, 1.165) is 12.0 Å². The van der Waals surface area contributed by atoms with Crippen LogP contribution in [0.15, 0.2) is 29.2 Å².